The molecule has 0 spiro atoms. The first-order chi connectivity index (χ1) is 8.28. The van der Waals surface area contributed by atoms with E-state index in [1.165, 1.54) is 6.42 Å². The van der Waals surface area contributed by atoms with Crippen molar-refractivity contribution >= 4 is 11.6 Å². The Hall–Kier alpha value is -0.610. The fourth-order valence-corrected chi connectivity index (χ4v) is 3.39. The number of rotatable bonds is 3. The van der Waals surface area contributed by atoms with Gasteiger partial charge in [0, 0.05) is 10.9 Å². The second kappa shape index (κ2) is 4.58. The predicted octanol–water partition coefficient (Wildman–Crippen LogP) is 2.41. The molecular weight excluding hydrogens is 236 g/mol. The first-order valence-corrected chi connectivity index (χ1v) is 6.53. The number of fused-ring (bicyclic) bond motifs is 2. The smallest absolute Gasteiger partial charge is 0.0627 e. The second-order valence-electron chi connectivity index (χ2n) is 4.97. The fourth-order valence-electron chi connectivity index (χ4n) is 3.19. The minimum absolute atomic E-state index is 0.143. The maximum absolute atomic E-state index is 6.03. The third-order valence-corrected chi connectivity index (χ3v) is 4.20. The topological polar surface area (TPSA) is 47.3 Å². The van der Waals surface area contributed by atoms with Crippen LogP contribution in [0.1, 0.15) is 30.9 Å². The largest absolute Gasteiger partial charge is 0.375 e. The highest BCUT2D eigenvalue weighted by Gasteiger charge is 2.44. The van der Waals surface area contributed by atoms with Crippen molar-refractivity contribution < 1.29 is 4.74 Å². The van der Waals surface area contributed by atoms with Gasteiger partial charge in [-0.1, -0.05) is 23.7 Å². The summed E-state index contributed by atoms with van der Waals surface area (Å²) in [7, 11) is 0. The molecule has 4 atom stereocenters. The van der Waals surface area contributed by atoms with Crippen LogP contribution in [0.25, 0.3) is 0 Å². The minimum atomic E-state index is 0.143. The molecule has 2 bridgehead atoms. The van der Waals surface area contributed by atoms with E-state index in [1.807, 2.05) is 18.2 Å². The van der Waals surface area contributed by atoms with Gasteiger partial charge in [0.2, 0.25) is 0 Å². The monoisotopic (exact) mass is 252 g/mol. The average Bonchev–Trinajstić information content (AvgIpc) is 2.92. The van der Waals surface area contributed by atoms with E-state index in [4.69, 9.17) is 22.2 Å². The van der Waals surface area contributed by atoms with Crippen LogP contribution in [0.2, 0.25) is 5.02 Å². The van der Waals surface area contributed by atoms with Crippen molar-refractivity contribution in [2.45, 2.75) is 37.5 Å². The number of ether oxygens (including phenoxy) is 1. The number of hydrazine groups is 1. The summed E-state index contributed by atoms with van der Waals surface area (Å²) in [6, 6.07) is 8.05. The summed E-state index contributed by atoms with van der Waals surface area (Å²) in [5.74, 6) is 6.19. The molecule has 0 saturated carbocycles. The number of nitrogens with two attached hydrogens (primary N) is 1. The molecule has 2 heterocycles. The van der Waals surface area contributed by atoms with E-state index in [9.17, 15) is 0 Å². The lowest BCUT2D eigenvalue weighted by molar-refractivity contribution is 0.0857. The zero-order chi connectivity index (χ0) is 11.8. The molecule has 4 unspecified atom stereocenters. The van der Waals surface area contributed by atoms with Gasteiger partial charge in [-0.2, -0.15) is 0 Å². The summed E-state index contributed by atoms with van der Waals surface area (Å²) >= 11 is 6.03. The summed E-state index contributed by atoms with van der Waals surface area (Å²) in [5, 5.41) is 0.756. The van der Waals surface area contributed by atoms with Crippen molar-refractivity contribution in [1.29, 1.82) is 0 Å². The molecule has 3 nitrogen and oxygen atoms in total. The molecule has 0 aliphatic carbocycles. The molecule has 2 fully saturated rings. The molecule has 4 heteroatoms. The van der Waals surface area contributed by atoms with E-state index in [0.29, 0.717) is 18.1 Å². The van der Waals surface area contributed by atoms with Gasteiger partial charge in [-0.25, -0.2) is 0 Å². The Balaban J connectivity index is 1.84. The van der Waals surface area contributed by atoms with Crippen molar-refractivity contribution in [2.24, 2.45) is 11.8 Å². The maximum Gasteiger partial charge on any atom is 0.0627 e. The molecule has 2 saturated heterocycles. The number of benzene rings is 1. The molecule has 17 heavy (non-hydrogen) atoms. The van der Waals surface area contributed by atoms with Crippen LogP contribution in [-0.2, 0) is 4.74 Å². The van der Waals surface area contributed by atoms with E-state index < -0.39 is 0 Å². The minimum Gasteiger partial charge on any atom is -0.375 e. The van der Waals surface area contributed by atoms with Crippen LogP contribution in [0, 0.1) is 5.92 Å². The highest BCUT2D eigenvalue weighted by molar-refractivity contribution is 6.30. The summed E-state index contributed by atoms with van der Waals surface area (Å²) in [5.41, 5.74) is 4.09. The fraction of sp³-hybridized carbons (Fsp3) is 0.538. The molecule has 3 rings (SSSR count). The summed E-state index contributed by atoms with van der Waals surface area (Å²) in [6.45, 7) is 0. The molecule has 1 aromatic carbocycles. The average molecular weight is 253 g/mol. The van der Waals surface area contributed by atoms with Gasteiger partial charge >= 0.3 is 0 Å². The van der Waals surface area contributed by atoms with Crippen molar-refractivity contribution in [3.05, 3.63) is 34.9 Å². The van der Waals surface area contributed by atoms with Gasteiger partial charge in [0.05, 0.1) is 18.2 Å². The molecule has 2 aliphatic heterocycles. The van der Waals surface area contributed by atoms with E-state index >= 15 is 0 Å². The number of halogens is 1. The lowest BCUT2D eigenvalue weighted by Gasteiger charge is -2.28. The quantitative estimate of drug-likeness (QED) is 0.642. The normalized spacial score (nSPS) is 32.9. The SMILES string of the molecule is NNC(c1cccc(Cl)c1)C1CC2CCC1O2. The first-order valence-electron chi connectivity index (χ1n) is 6.15. The lowest BCUT2D eigenvalue weighted by Crippen LogP contribution is -2.37. The zero-order valence-electron chi connectivity index (χ0n) is 9.60. The van der Waals surface area contributed by atoms with Crippen LogP contribution >= 0.6 is 11.6 Å². The van der Waals surface area contributed by atoms with E-state index in [2.05, 4.69) is 11.5 Å². The number of hydrogen-bond acceptors (Lipinski definition) is 3. The van der Waals surface area contributed by atoms with Gasteiger partial charge in [-0.05, 0) is 37.0 Å². The van der Waals surface area contributed by atoms with Crippen molar-refractivity contribution in [2.75, 3.05) is 0 Å². The van der Waals surface area contributed by atoms with Crippen molar-refractivity contribution in [3.8, 4) is 0 Å². The second-order valence-corrected chi connectivity index (χ2v) is 5.41. The summed E-state index contributed by atoms with van der Waals surface area (Å²) < 4.78 is 5.89. The van der Waals surface area contributed by atoms with Crippen LogP contribution in [0.5, 0.6) is 0 Å². The van der Waals surface area contributed by atoms with Crippen LogP contribution in [0.15, 0.2) is 24.3 Å². The third kappa shape index (κ3) is 2.08. The first kappa shape index (κ1) is 11.5. The Labute approximate surface area is 106 Å². The van der Waals surface area contributed by atoms with Gasteiger partial charge in [-0.15, -0.1) is 0 Å². The molecule has 3 N–H and O–H groups in total. The molecule has 0 aromatic heterocycles. The Morgan fingerprint density at radius 3 is 2.88 bits per heavy atom. The highest BCUT2D eigenvalue weighted by atomic mass is 35.5. The number of hydrogen-bond donors (Lipinski definition) is 2. The Morgan fingerprint density at radius 1 is 1.41 bits per heavy atom. The van der Waals surface area contributed by atoms with Crippen LogP contribution < -0.4 is 11.3 Å². The molecule has 0 amide bonds. The lowest BCUT2D eigenvalue weighted by atomic mass is 9.81. The molecule has 2 aliphatic rings. The Bertz CT molecular complexity index is 412. The molecule has 92 valence electrons. The molecule has 0 radical (unpaired) electrons. The zero-order valence-corrected chi connectivity index (χ0v) is 10.4. The van der Waals surface area contributed by atoms with Crippen molar-refractivity contribution in [3.63, 3.8) is 0 Å². The van der Waals surface area contributed by atoms with Crippen molar-refractivity contribution in [1.82, 2.24) is 5.43 Å². The molecule has 1 aromatic rings. The Kier molecular flexibility index (Phi) is 3.09. The maximum atomic E-state index is 6.03. The van der Waals surface area contributed by atoms with Gasteiger partial charge in [0.15, 0.2) is 0 Å². The molecular formula is C13H17ClN2O. The van der Waals surface area contributed by atoms with E-state index in [-0.39, 0.29) is 6.04 Å². The Morgan fingerprint density at radius 2 is 2.29 bits per heavy atom. The standard InChI is InChI=1S/C13H17ClN2O/c14-9-3-1-2-8(6-9)13(16-15)11-7-10-4-5-12(11)17-10/h1-3,6,10-13,16H,4-5,7,15H2. The van der Waals surface area contributed by atoms with E-state index in [1.54, 1.807) is 0 Å². The van der Waals surface area contributed by atoms with Crippen LogP contribution in [-0.4, -0.2) is 12.2 Å². The van der Waals surface area contributed by atoms with Crippen LogP contribution in [0.4, 0.5) is 0 Å². The van der Waals surface area contributed by atoms with E-state index in [0.717, 1.165) is 23.4 Å². The van der Waals surface area contributed by atoms with Gasteiger partial charge in [-0.3, -0.25) is 11.3 Å². The summed E-state index contributed by atoms with van der Waals surface area (Å²) in [4.78, 5) is 0. The highest BCUT2D eigenvalue weighted by Crippen LogP contribution is 2.44. The predicted molar refractivity (Wildman–Crippen MR) is 67.5 cm³/mol. The summed E-state index contributed by atoms with van der Waals surface area (Å²) in [6.07, 6.45) is 4.27. The van der Waals surface area contributed by atoms with Gasteiger partial charge in [0.1, 0.15) is 0 Å². The number of nitrogens with one attached hydrogen (secondary N) is 1. The van der Waals surface area contributed by atoms with Crippen LogP contribution in [0.3, 0.4) is 0 Å². The third-order valence-electron chi connectivity index (χ3n) is 3.97. The van der Waals surface area contributed by atoms with Gasteiger partial charge < -0.3 is 4.74 Å². The van der Waals surface area contributed by atoms with Gasteiger partial charge in [0.25, 0.3) is 0 Å².